The molecule has 1 aromatic heterocycles. The van der Waals surface area contributed by atoms with Crippen molar-refractivity contribution in [2.75, 3.05) is 34.0 Å². The van der Waals surface area contributed by atoms with Crippen molar-refractivity contribution in [1.82, 2.24) is 20.1 Å². The van der Waals surface area contributed by atoms with Crippen LogP contribution >= 0.6 is 0 Å². The highest BCUT2D eigenvalue weighted by atomic mass is 16.5. The summed E-state index contributed by atoms with van der Waals surface area (Å²) < 4.78 is 16.3. The van der Waals surface area contributed by atoms with Gasteiger partial charge in [0.25, 0.3) is 0 Å². The summed E-state index contributed by atoms with van der Waals surface area (Å²) in [6.07, 6.45) is 4.28. The second-order valence-electron chi connectivity index (χ2n) is 7.31. The zero-order valence-electron chi connectivity index (χ0n) is 16.1. The van der Waals surface area contributed by atoms with Crippen LogP contribution in [0.5, 0.6) is 11.5 Å². The standard InChI is InChI=1S/C20H28N4O3/c1-25-16-10-14(11-17(12-16)26-2)13-24-7-3-4-18(24)20-21-19(22-23-20)15-5-8-27-9-6-15/h10-12,15,18H,3-9,13H2,1-2H3,(H,21,22,23)/t18-/m0/s1. The molecule has 146 valence electrons. The Kier molecular flexibility index (Phi) is 5.59. The highest BCUT2D eigenvalue weighted by Crippen LogP contribution is 2.34. The molecule has 0 saturated carbocycles. The number of H-pyrrole nitrogens is 1. The van der Waals surface area contributed by atoms with E-state index in [1.165, 1.54) is 12.0 Å². The van der Waals surface area contributed by atoms with E-state index in [4.69, 9.17) is 19.2 Å². The number of rotatable bonds is 6. The van der Waals surface area contributed by atoms with Crippen LogP contribution in [0.3, 0.4) is 0 Å². The van der Waals surface area contributed by atoms with Crippen LogP contribution in [-0.2, 0) is 11.3 Å². The fraction of sp³-hybridized carbons (Fsp3) is 0.600. The van der Waals surface area contributed by atoms with E-state index in [0.717, 1.165) is 68.7 Å². The molecule has 7 nitrogen and oxygen atoms in total. The normalized spacial score (nSPS) is 21.5. The van der Waals surface area contributed by atoms with Gasteiger partial charge in [0.15, 0.2) is 5.82 Å². The Hall–Kier alpha value is -2.12. The molecule has 2 fully saturated rings. The Labute approximate surface area is 160 Å². The molecule has 27 heavy (non-hydrogen) atoms. The van der Waals surface area contributed by atoms with E-state index in [1.54, 1.807) is 14.2 Å². The van der Waals surface area contributed by atoms with Crippen LogP contribution in [0.2, 0.25) is 0 Å². The zero-order chi connectivity index (χ0) is 18.6. The van der Waals surface area contributed by atoms with Gasteiger partial charge in [-0.1, -0.05) is 0 Å². The molecule has 2 aliphatic heterocycles. The fourth-order valence-electron chi connectivity index (χ4n) is 4.09. The van der Waals surface area contributed by atoms with Crippen molar-refractivity contribution in [3.8, 4) is 11.5 Å². The number of methoxy groups -OCH3 is 2. The number of likely N-dealkylation sites (tertiary alicyclic amines) is 1. The van der Waals surface area contributed by atoms with Gasteiger partial charge >= 0.3 is 0 Å². The number of hydrogen-bond acceptors (Lipinski definition) is 6. The molecule has 0 spiro atoms. The van der Waals surface area contributed by atoms with E-state index >= 15 is 0 Å². The summed E-state index contributed by atoms with van der Waals surface area (Å²) in [5, 5.41) is 7.74. The van der Waals surface area contributed by atoms with E-state index in [-0.39, 0.29) is 6.04 Å². The average Bonchev–Trinajstić information content (AvgIpc) is 3.37. The van der Waals surface area contributed by atoms with Crippen molar-refractivity contribution in [3.63, 3.8) is 0 Å². The van der Waals surface area contributed by atoms with Crippen LogP contribution in [-0.4, -0.2) is 54.1 Å². The molecular weight excluding hydrogens is 344 g/mol. The molecule has 2 aromatic rings. The number of aromatic amines is 1. The third-order valence-electron chi connectivity index (χ3n) is 5.58. The predicted molar refractivity (Wildman–Crippen MR) is 101 cm³/mol. The molecular formula is C20H28N4O3. The first-order chi connectivity index (χ1) is 13.3. The maximum atomic E-state index is 5.45. The van der Waals surface area contributed by atoms with Gasteiger partial charge in [0.05, 0.1) is 20.3 Å². The van der Waals surface area contributed by atoms with Crippen LogP contribution < -0.4 is 9.47 Å². The quantitative estimate of drug-likeness (QED) is 0.840. The molecule has 0 aliphatic carbocycles. The van der Waals surface area contributed by atoms with E-state index in [2.05, 4.69) is 27.2 Å². The van der Waals surface area contributed by atoms with Crippen LogP contribution in [0.4, 0.5) is 0 Å². The lowest BCUT2D eigenvalue weighted by Gasteiger charge is -2.23. The van der Waals surface area contributed by atoms with Crippen LogP contribution in [0.1, 0.15) is 54.9 Å². The van der Waals surface area contributed by atoms with E-state index in [9.17, 15) is 0 Å². The lowest BCUT2D eigenvalue weighted by Crippen LogP contribution is -2.23. The Bertz CT molecular complexity index is 735. The fourth-order valence-corrected chi connectivity index (χ4v) is 4.09. The lowest BCUT2D eigenvalue weighted by atomic mass is 10.00. The smallest absolute Gasteiger partial charge is 0.154 e. The summed E-state index contributed by atoms with van der Waals surface area (Å²) in [6.45, 7) is 3.51. The first kappa shape index (κ1) is 18.3. The minimum atomic E-state index is 0.281. The molecule has 0 radical (unpaired) electrons. The number of aromatic nitrogens is 3. The number of benzene rings is 1. The molecule has 1 aromatic carbocycles. The number of hydrogen-bond donors (Lipinski definition) is 1. The van der Waals surface area contributed by atoms with Crippen molar-refractivity contribution < 1.29 is 14.2 Å². The summed E-state index contributed by atoms with van der Waals surface area (Å²) in [7, 11) is 3.37. The van der Waals surface area contributed by atoms with Gasteiger partial charge in [-0.3, -0.25) is 10.00 Å². The molecule has 3 heterocycles. The molecule has 0 bridgehead atoms. The van der Waals surface area contributed by atoms with Gasteiger partial charge in [0.1, 0.15) is 17.3 Å². The van der Waals surface area contributed by atoms with Crippen LogP contribution in [0, 0.1) is 0 Å². The van der Waals surface area contributed by atoms with Gasteiger partial charge in [-0.2, -0.15) is 5.10 Å². The Morgan fingerprint density at radius 3 is 2.56 bits per heavy atom. The molecule has 1 atom stereocenters. The second kappa shape index (κ2) is 8.27. The minimum absolute atomic E-state index is 0.281. The maximum Gasteiger partial charge on any atom is 0.154 e. The summed E-state index contributed by atoms with van der Waals surface area (Å²) in [6, 6.07) is 6.34. The average molecular weight is 372 g/mol. The number of ether oxygens (including phenoxy) is 3. The van der Waals surface area contributed by atoms with Gasteiger partial charge in [-0.15, -0.1) is 0 Å². The van der Waals surface area contributed by atoms with E-state index in [0.29, 0.717) is 5.92 Å². The van der Waals surface area contributed by atoms with Gasteiger partial charge in [-0.05, 0) is 49.9 Å². The highest BCUT2D eigenvalue weighted by Gasteiger charge is 2.30. The van der Waals surface area contributed by atoms with Crippen LogP contribution in [0.15, 0.2) is 18.2 Å². The van der Waals surface area contributed by atoms with Gasteiger partial charge in [-0.25, -0.2) is 4.98 Å². The minimum Gasteiger partial charge on any atom is -0.497 e. The monoisotopic (exact) mass is 372 g/mol. The van der Waals surface area contributed by atoms with Crippen molar-refractivity contribution in [1.29, 1.82) is 0 Å². The van der Waals surface area contributed by atoms with E-state index in [1.807, 2.05) is 6.07 Å². The summed E-state index contributed by atoms with van der Waals surface area (Å²) in [5.74, 6) is 4.00. The second-order valence-corrected chi connectivity index (χ2v) is 7.31. The predicted octanol–water partition coefficient (Wildman–Crippen LogP) is 3.05. The highest BCUT2D eigenvalue weighted by molar-refractivity contribution is 5.38. The summed E-state index contributed by atoms with van der Waals surface area (Å²) >= 11 is 0. The molecule has 0 amide bonds. The summed E-state index contributed by atoms with van der Waals surface area (Å²) in [5.41, 5.74) is 1.18. The number of nitrogens with one attached hydrogen (secondary N) is 1. The van der Waals surface area contributed by atoms with Gasteiger partial charge in [0, 0.05) is 31.7 Å². The topological polar surface area (TPSA) is 72.5 Å². The number of nitrogens with zero attached hydrogens (tertiary/aromatic N) is 3. The third-order valence-corrected chi connectivity index (χ3v) is 5.58. The first-order valence-corrected chi connectivity index (χ1v) is 9.72. The maximum absolute atomic E-state index is 5.45. The molecule has 2 aliphatic rings. The molecule has 0 unspecified atom stereocenters. The first-order valence-electron chi connectivity index (χ1n) is 9.72. The molecule has 2 saturated heterocycles. The van der Waals surface area contributed by atoms with Crippen molar-refractivity contribution in [3.05, 3.63) is 35.4 Å². The Morgan fingerprint density at radius 1 is 1.11 bits per heavy atom. The molecule has 7 heteroatoms. The summed E-state index contributed by atoms with van der Waals surface area (Å²) in [4.78, 5) is 7.32. The Balaban J connectivity index is 1.49. The SMILES string of the molecule is COc1cc(CN2CCC[C@H]2c2nc(C3CCOCC3)n[nH]2)cc(OC)c1. The van der Waals surface area contributed by atoms with Crippen molar-refractivity contribution >= 4 is 0 Å². The zero-order valence-corrected chi connectivity index (χ0v) is 16.1. The van der Waals surface area contributed by atoms with Crippen LogP contribution in [0.25, 0.3) is 0 Å². The Morgan fingerprint density at radius 2 is 1.85 bits per heavy atom. The van der Waals surface area contributed by atoms with Crippen molar-refractivity contribution in [2.45, 2.75) is 44.2 Å². The van der Waals surface area contributed by atoms with Crippen molar-refractivity contribution in [2.24, 2.45) is 0 Å². The van der Waals surface area contributed by atoms with Gasteiger partial charge < -0.3 is 14.2 Å². The largest absolute Gasteiger partial charge is 0.497 e. The lowest BCUT2D eigenvalue weighted by molar-refractivity contribution is 0.0836. The molecule has 4 rings (SSSR count). The molecule has 1 N–H and O–H groups in total. The third kappa shape index (κ3) is 4.09. The van der Waals surface area contributed by atoms with E-state index < -0.39 is 0 Å². The van der Waals surface area contributed by atoms with Gasteiger partial charge in [0.2, 0.25) is 0 Å².